The molecule has 1 aliphatic carbocycles. The van der Waals surface area contributed by atoms with E-state index >= 15 is 0 Å². The Kier molecular flexibility index (Phi) is 4.07. The lowest BCUT2D eigenvalue weighted by Crippen LogP contribution is -2.09. The second-order valence-electron chi connectivity index (χ2n) is 5.12. The summed E-state index contributed by atoms with van der Waals surface area (Å²) in [7, 11) is 0. The number of fused-ring (bicyclic) bond motifs is 1. The van der Waals surface area contributed by atoms with Gasteiger partial charge in [-0.1, -0.05) is 6.07 Å². The fraction of sp³-hybridized carbons (Fsp3) is 0.278. The van der Waals surface area contributed by atoms with E-state index < -0.39 is 0 Å². The third-order valence-electron chi connectivity index (χ3n) is 3.67. The van der Waals surface area contributed by atoms with Gasteiger partial charge in [-0.05, 0) is 66.8 Å². The molecule has 0 N–H and O–H groups in total. The molecular weight excluding hydrogens is 262 g/mol. The number of benzene rings is 2. The molecule has 0 aromatic heterocycles. The first-order chi connectivity index (χ1) is 10.3. The minimum atomic E-state index is 0.489. The highest BCUT2D eigenvalue weighted by molar-refractivity contribution is 5.38. The number of nitrogens with zero attached hydrogens (tertiary/aromatic N) is 1. The van der Waals surface area contributed by atoms with Crippen molar-refractivity contribution < 1.29 is 9.47 Å². The summed E-state index contributed by atoms with van der Waals surface area (Å²) in [6.45, 7) is 1.00. The maximum atomic E-state index is 8.72. The van der Waals surface area contributed by atoms with Gasteiger partial charge in [0.25, 0.3) is 0 Å². The van der Waals surface area contributed by atoms with E-state index in [0.29, 0.717) is 18.8 Å². The van der Waals surface area contributed by atoms with Crippen molar-refractivity contribution in [1.29, 1.82) is 5.26 Å². The standard InChI is InChI=1S/C18H17NO2/c19-13-14-4-7-17(8-5-14)20-10-11-21-18-9-6-15-2-1-3-16(15)12-18/h4-9,12H,1-3,10-11H2. The Hall–Kier alpha value is -2.47. The molecule has 0 aliphatic heterocycles. The molecule has 0 bridgehead atoms. The third-order valence-corrected chi connectivity index (χ3v) is 3.67. The molecule has 3 nitrogen and oxygen atoms in total. The normalized spacial score (nSPS) is 12.5. The van der Waals surface area contributed by atoms with Crippen LogP contribution in [0, 0.1) is 11.3 Å². The van der Waals surface area contributed by atoms with E-state index in [1.54, 1.807) is 24.3 Å². The van der Waals surface area contributed by atoms with Crippen LogP contribution in [0.4, 0.5) is 0 Å². The molecule has 0 spiro atoms. The molecule has 21 heavy (non-hydrogen) atoms. The van der Waals surface area contributed by atoms with Crippen LogP contribution >= 0.6 is 0 Å². The van der Waals surface area contributed by atoms with Crippen molar-refractivity contribution in [2.45, 2.75) is 19.3 Å². The van der Waals surface area contributed by atoms with Gasteiger partial charge >= 0.3 is 0 Å². The van der Waals surface area contributed by atoms with Crippen LogP contribution in [-0.4, -0.2) is 13.2 Å². The minimum absolute atomic E-state index is 0.489. The fourth-order valence-electron chi connectivity index (χ4n) is 2.58. The maximum Gasteiger partial charge on any atom is 0.122 e. The van der Waals surface area contributed by atoms with Crippen molar-refractivity contribution in [2.75, 3.05) is 13.2 Å². The van der Waals surface area contributed by atoms with E-state index in [-0.39, 0.29) is 0 Å². The first kappa shape index (κ1) is 13.5. The molecule has 0 saturated carbocycles. The second-order valence-corrected chi connectivity index (χ2v) is 5.12. The average molecular weight is 279 g/mol. The number of hydrogen-bond acceptors (Lipinski definition) is 3. The second kappa shape index (κ2) is 6.32. The van der Waals surface area contributed by atoms with Crippen LogP contribution in [0.1, 0.15) is 23.1 Å². The SMILES string of the molecule is N#Cc1ccc(OCCOc2ccc3c(c2)CCC3)cc1. The molecule has 0 heterocycles. The smallest absolute Gasteiger partial charge is 0.122 e. The monoisotopic (exact) mass is 279 g/mol. The molecular formula is C18H17NO2. The van der Waals surface area contributed by atoms with Gasteiger partial charge in [0.1, 0.15) is 24.7 Å². The molecule has 3 rings (SSSR count). The highest BCUT2D eigenvalue weighted by Crippen LogP contribution is 2.25. The number of hydrogen-bond donors (Lipinski definition) is 0. The zero-order valence-electron chi connectivity index (χ0n) is 11.8. The van der Waals surface area contributed by atoms with E-state index in [9.17, 15) is 0 Å². The van der Waals surface area contributed by atoms with Crippen LogP contribution in [-0.2, 0) is 12.8 Å². The highest BCUT2D eigenvalue weighted by atomic mass is 16.5. The zero-order valence-corrected chi connectivity index (χ0v) is 11.8. The van der Waals surface area contributed by atoms with E-state index in [4.69, 9.17) is 14.7 Å². The van der Waals surface area contributed by atoms with Crippen LogP contribution in [0.3, 0.4) is 0 Å². The zero-order chi connectivity index (χ0) is 14.5. The molecule has 106 valence electrons. The van der Waals surface area contributed by atoms with Crippen LogP contribution < -0.4 is 9.47 Å². The molecule has 0 radical (unpaired) electrons. The summed E-state index contributed by atoms with van der Waals surface area (Å²) in [5.74, 6) is 1.67. The lowest BCUT2D eigenvalue weighted by Gasteiger charge is -2.09. The Morgan fingerprint density at radius 3 is 2.29 bits per heavy atom. The molecule has 0 unspecified atom stereocenters. The number of ether oxygens (including phenoxy) is 2. The molecule has 0 saturated heterocycles. The Morgan fingerprint density at radius 1 is 0.857 bits per heavy atom. The topological polar surface area (TPSA) is 42.2 Å². The van der Waals surface area contributed by atoms with Gasteiger partial charge in [0.2, 0.25) is 0 Å². The lowest BCUT2D eigenvalue weighted by atomic mass is 10.1. The predicted octanol–water partition coefficient (Wildman–Crippen LogP) is 3.50. The van der Waals surface area contributed by atoms with Crippen molar-refractivity contribution in [1.82, 2.24) is 0 Å². The molecule has 2 aromatic rings. The predicted molar refractivity (Wildman–Crippen MR) is 80.6 cm³/mol. The average Bonchev–Trinajstić information content (AvgIpc) is 3.00. The Balaban J connectivity index is 1.46. The molecule has 1 aliphatic rings. The first-order valence-corrected chi connectivity index (χ1v) is 7.23. The van der Waals surface area contributed by atoms with Gasteiger partial charge in [0.05, 0.1) is 11.6 Å². The van der Waals surface area contributed by atoms with Gasteiger partial charge < -0.3 is 9.47 Å². The quantitative estimate of drug-likeness (QED) is 0.787. The lowest BCUT2D eigenvalue weighted by molar-refractivity contribution is 0.217. The van der Waals surface area contributed by atoms with Gasteiger partial charge in [-0.3, -0.25) is 0 Å². The van der Waals surface area contributed by atoms with E-state index in [1.165, 1.54) is 24.0 Å². The number of aryl methyl sites for hydroxylation is 2. The molecule has 2 aromatic carbocycles. The summed E-state index contributed by atoms with van der Waals surface area (Å²) >= 11 is 0. The summed E-state index contributed by atoms with van der Waals surface area (Å²) in [6, 6.07) is 15.5. The van der Waals surface area contributed by atoms with Crippen LogP contribution in [0.25, 0.3) is 0 Å². The van der Waals surface area contributed by atoms with Crippen molar-refractivity contribution >= 4 is 0 Å². The Morgan fingerprint density at radius 2 is 1.52 bits per heavy atom. The largest absolute Gasteiger partial charge is 0.490 e. The van der Waals surface area contributed by atoms with Crippen molar-refractivity contribution in [3.8, 4) is 17.6 Å². The summed E-state index contributed by atoms with van der Waals surface area (Å²) < 4.78 is 11.3. The van der Waals surface area contributed by atoms with Crippen LogP contribution in [0.15, 0.2) is 42.5 Å². The van der Waals surface area contributed by atoms with Gasteiger partial charge in [0, 0.05) is 0 Å². The van der Waals surface area contributed by atoms with Crippen molar-refractivity contribution in [3.63, 3.8) is 0 Å². The van der Waals surface area contributed by atoms with Crippen LogP contribution in [0.2, 0.25) is 0 Å². The van der Waals surface area contributed by atoms with E-state index in [1.807, 2.05) is 6.07 Å². The summed E-state index contributed by atoms with van der Waals surface area (Å²) in [6.07, 6.45) is 3.60. The van der Waals surface area contributed by atoms with Crippen molar-refractivity contribution in [2.24, 2.45) is 0 Å². The van der Waals surface area contributed by atoms with Gasteiger partial charge in [-0.2, -0.15) is 5.26 Å². The number of nitriles is 1. The Labute approximate surface area is 124 Å². The Bertz CT molecular complexity index is 656. The molecule has 0 fully saturated rings. The van der Waals surface area contributed by atoms with Gasteiger partial charge in [-0.25, -0.2) is 0 Å². The number of rotatable bonds is 5. The van der Waals surface area contributed by atoms with Gasteiger partial charge in [0.15, 0.2) is 0 Å². The molecule has 0 amide bonds. The summed E-state index contributed by atoms with van der Waals surface area (Å²) in [4.78, 5) is 0. The fourth-order valence-corrected chi connectivity index (χ4v) is 2.58. The molecule has 3 heteroatoms. The van der Waals surface area contributed by atoms with E-state index in [2.05, 4.69) is 18.2 Å². The minimum Gasteiger partial charge on any atom is -0.490 e. The third kappa shape index (κ3) is 3.35. The maximum absolute atomic E-state index is 8.72. The summed E-state index contributed by atoms with van der Waals surface area (Å²) in [5.41, 5.74) is 3.51. The van der Waals surface area contributed by atoms with Crippen molar-refractivity contribution in [3.05, 3.63) is 59.2 Å². The van der Waals surface area contributed by atoms with E-state index in [0.717, 1.165) is 17.9 Å². The first-order valence-electron chi connectivity index (χ1n) is 7.23. The summed E-state index contributed by atoms with van der Waals surface area (Å²) in [5, 5.41) is 8.72. The van der Waals surface area contributed by atoms with Gasteiger partial charge in [-0.15, -0.1) is 0 Å². The highest BCUT2D eigenvalue weighted by Gasteiger charge is 2.10. The van der Waals surface area contributed by atoms with Crippen LogP contribution in [0.5, 0.6) is 11.5 Å². The molecule has 0 atom stereocenters.